The van der Waals surface area contributed by atoms with Crippen molar-refractivity contribution in [2.45, 2.75) is 38.1 Å². The van der Waals surface area contributed by atoms with E-state index in [-0.39, 0.29) is 30.2 Å². The Morgan fingerprint density at radius 1 is 1.18 bits per heavy atom. The van der Waals surface area contributed by atoms with Crippen molar-refractivity contribution in [3.8, 4) is 0 Å². The van der Waals surface area contributed by atoms with Crippen LogP contribution in [-0.4, -0.2) is 43.9 Å². The van der Waals surface area contributed by atoms with E-state index in [1.807, 2.05) is 9.47 Å². The highest BCUT2D eigenvalue weighted by Gasteiger charge is 2.28. The molecule has 1 aromatic carbocycles. The molecule has 1 saturated carbocycles. The maximum atomic E-state index is 14.9. The largest absolute Gasteiger partial charge is 0.460 e. The lowest BCUT2D eigenvalue weighted by atomic mass is 10.1. The number of rotatable bonds is 6. The summed E-state index contributed by atoms with van der Waals surface area (Å²) in [5.74, 6) is -1.11. The Bertz CT molecular complexity index is 946. The molecular formula is C21H25FN2O4. The molecule has 4 rings (SSSR count). The lowest BCUT2D eigenvalue weighted by molar-refractivity contribution is 0.0386. The van der Waals surface area contributed by atoms with Crippen LogP contribution in [0.4, 0.5) is 10.1 Å². The first kappa shape index (κ1) is 18.9. The van der Waals surface area contributed by atoms with Gasteiger partial charge in [0, 0.05) is 37.8 Å². The van der Waals surface area contributed by atoms with Gasteiger partial charge in [-0.25, -0.2) is 9.18 Å². The number of methoxy groups -OCH3 is 1. The van der Waals surface area contributed by atoms with Gasteiger partial charge < -0.3 is 18.9 Å². The fraction of sp³-hybridized carbons (Fsp3) is 0.524. The highest BCUT2D eigenvalue weighted by Crippen LogP contribution is 2.38. The van der Waals surface area contributed by atoms with Crippen molar-refractivity contribution in [3.63, 3.8) is 0 Å². The summed E-state index contributed by atoms with van der Waals surface area (Å²) in [7, 11) is 1.51. The zero-order valence-electron chi connectivity index (χ0n) is 16.1. The first-order valence-electron chi connectivity index (χ1n) is 9.89. The Hall–Kier alpha value is -2.41. The number of fused-ring (bicyclic) bond motifs is 1. The molecular weight excluding hydrogens is 363 g/mol. The number of pyridine rings is 1. The zero-order chi connectivity index (χ0) is 19.7. The highest BCUT2D eigenvalue weighted by atomic mass is 19.1. The van der Waals surface area contributed by atoms with Gasteiger partial charge in [0.1, 0.15) is 18.0 Å². The van der Waals surface area contributed by atoms with Crippen LogP contribution in [-0.2, 0) is 9.47 Å². The van der Waals surface area contributed by atoms with Gasteiger partial charge in [0.15, 0.2) is 0 Å². The first-order chi connectivity index (χ1) is 13.6. The van der Waals surface area contributed by atoms with Gasteiger partial charge in [0.05, 0.1) is 17.8 Å². The summed E-state index contributed by atoms with van der Waals surface area (Å²) in [6.45, 7) is 1.96. The van der Waals surface area contributed by atoms with Crippen molar-refractivity contribution in [1.29, 1.82) is 0 Å². The van der Waals surface area contributed by atoms with Gasteiger partial charge in [-0.2, -0.15) is 0 Å². The van der Waals surface area contributed by atoms with E-state index in [0.29, 0.717) is 11.2 Å². The van der Waals surface area contributed by atoms with Gasteiger partial charge in [-0.1, -0.05) is 0 Å². The number of ether oxygens (including phenoxy) is 2. The van der Waals surface area contributed by atoms with E-state index in [4.69, 9.17) is 9.47 Å². The van der Waals surface area contributed by atoms with Crippen LogP contribution in [0.3, 0.4) is 0 Å². The Morgan fingerprint density at radius 3 is 2.61 bits per heavy atom. The average Bonchev–Trinajstić information content (AvgIpc) is 3.54. The zero-order valence-corrected chi connectivity index (χ0v) is 16.1. The van der Waals surface area contributed by atoms with Crippen molar-refractivity contribution >= 4 is 22.6 Å². The third-order valence-corrected chi connectivity index (χ3v) is 5.48. The normalized spacial score (nSPS) is 17.1. The fourth-order valence-corrected chi connectivity index (χ4v) is 3.83. The predicted molar refractivity (Wildman–Crippen MR) is 105 cm³/mol. The number of benzene rings is 1. The van der Waals surface area contributed by atoms with Crippen molar-refractivity contribution in [2.24, 2.45) is 0 Å². The first-order valence-corrected chi connectivity index (χ1v) is 9.89. The molecule has 2 aromatic rings. The Kier molecular flexibility index (Phi) is 5.35. The number of esters is 1. The molecule has 1 aliphatic heterocycles. The Labute approximate surface area is 162 Å². The molecule has 7 heteroatoms. The number of nitrogens with zero attached hydrogens (tertiary/aromatic N) is 2. The van der Waals surface area contributed by atoms with E-state index in [1.54, 1.807) is 12.3 Å². The molecule has 2 fully saturated rings. The molecule has 1 aliphatic carbocycles. The van der Waals surface area contributed by atoms with Crippen molar-refractivity contribution in [2.75, 3.05) is 38.3 Å². The summed E-state index contributed by atoms with van der Waals surface area (Å²) in [5.41, 5.74) is 0.679. The maximum absolute atomic E-state index is 14.9. The van der Waals surface area contributed by atoms with Crippen LogP contribution < -0.4 is 10.3 Å². The van der Waals surface area contributed by atoms with Crippen LogP contribution in [0.2, 0.25) is 0 Å². The quantitative estimate of drug-likeness (QED) is 0.562. The van der Waals surface area contributed by atoms with Crippen LogP contribution in [0.1, 0.15) is 48.5 Å². The number of aromatic nitrogens is 1. The van der Waals surface area contributed by atoms with Gasteiger partial charge in [-0.05, 0) is 44.2 Å². The number of anilines is 1. The van der Waals surface area contributed by atoms with Crippen LogP contribution in [0.25, 0.3) is 10.9 Å². The minimum absolute atomic E-state index is 0.0550. The molecule has 0 spiro atoms. The van der Waals surface area contributed by atoms with Crippen LogP contribution in [0, 0.1) is 5.82 Å². The maximum Gasteiger partial charge on any atom is 0.343 e. The van der Waals surface area contributed by atoms with Gasteiger partial charge >= 0.3 is 5.97 Å². The molecule has 2 heterocycles. The monoisotopic (exact) mass is 388 g/mol. The molecule has 0 radical (unpaired) electrons. The van der Waals surface area contributed by atoms with Crippen LogP contribution in [0.5, 0.6) is 0 Å². The second-order valence-electron chi connectivity index (χ2n) is 7.51. The van der Waals surface area contributed by atoms with E-state index in [2.05, 4.69) is 0 Å². The number of hydrogen-bond acceptors (Lipinski definition) is 5. The molecule has 0 atom stereocenters. The molecule has 6 nitrogen and oxygen atoms in total. The number of carbonyl (C=O) groups is 1. The summed E-state index contributed by atoms with van der Waals surface area (Å²) in [6, 6.07) is 3.29. The van der Waals surface area contributed by atoms with Gasteiger partial charge in [-0.3, -0.25) is 4.79 Å². The SMILES string of the molecule is COCCOC(=O)c1cn(C2CC2)c2cc(N3CCCCC3)c(F)cc2c1=O. The number of halogens is 1. The van der Waals surface area contributed by atoms with Crippen LogP contribution in [0.15, 0.2) is 23.1 Å². The molecule has 150 valence electrons. The van der Waals surface area contributed by atoms with E-state index in [9.17, 15) is 14.0 Å². The standard InChI is InChI=1S/C21H25FN2O4/c1-27-9-10-28-21(26)16-13-24(14-5-6-14)18-12-19(23-7-3-2-4-8-23)17(22)11-15(18)20(16)25/h11-14H,2-10H2,1H3. The average molecular weight is 388 g/mol. The van der Waals surface area contributed by atoms with E-state index in [0.717, 1.165) is 45.2 Å². The summed E-state index contributed by atoms with van der Waals surface area (Å²) in [4.78, 5) is 27.3. The molecule has 2 aliphatic rings. The molecule has 1 saturated heterocycles. The Balaban J connectivity index is 1.79. The third kappa shape index (κ3) is 3.63. The lowest BCUT2D eigenvalue weighted by Gasteiger charge is -2.29. The number of piperidine rings is 1. The van der Waals surface area contributed by atoms with Crippen molar-refractivity contribution < 1.29 is 18.7 Å². The van der Waals surface area contributed by atoms with E-state index in [1.165, 1.54) is 13.2 Å². The van der Waals surface area contributed by atoms with Gasteiger partial charge in [-0.15, -0.1) is 0 Å². The van der Waals surface area contributed by atoms with Gasteiger partial charge in [0.25, 0.3) is 0 Å². The predicted octanol–water partition coefficient (Wildman–Crippen LogP) is 3.27. The topological polar surface area (TPSA) is 60.8 Å². The summed E-state index contributed by atoms with van der Waals surface area (Å²) in [6.07, 6.45) is 6.78. The number of hydrogen-bond donors (Lipinski definition) is 0. The minimum atomic E-state index is -0.695. The third-order valence-electron chi connectivity index (χ3n) is 5.48. The second-order valence-corrected chi connectivity index (χ2v) is 7.51. The van der Waals surface area contributed by atoms with Crippen LogP contribution >= 0.6 is 0 Å². The smallest absolute Gasteiger partial charge is 0.343 e. The summed E-state index contributed by atoms with van der Waals surface area (Å²) in [5, 5.41) is 0.228. The molecule has 0 unspecified atom stereocenters. The minimum Gasteiger partial charge on any atom is -0.460 e. The molecule has 0 amide bonds. The molecule has 0 N–H and O–H groups in total. The van der Waals surface area contributed by atoms with Gasteiger partial charge in [0.2, 0.25) is 5.43 Å². The van der Waals surface area contributed by atoms with E-state index >= 15 is 0 Å². The molecule has 28 heavy (non-hydrogen) atoms. The highest BCUT2D eigenvalue weighted by molar-refractivity contribution is 5.94. The lowest BCUT2D eigenvalue weighted by Crippen LogP contribution is -2.30. The van der Waals surface area contributed by atoms with Crippen molar-refractivity contribution in [1.82, 2.24) is 4.57 Å². The van der Waals surface area contributed by atoms with E-state index < -0.39 is 17.2 Å². The second kappa shape index (κ2) is 7.91. The van der Waals surface area contributed by atoms with Crippen molar-refractivity contribution in [3.05, 3.63) is 39.9 Å². The fourth-order valence-electron chi connectivity index (χ4n) is 3.83. The number of carbonyl (C=O) groups excluding carboxylic acids is 1. The summed E-state index contributed by atoms with van der Waals surface area (Å²) >= 11 is 0. The Morgan fingerprint density at radius 2 is 1.93 bits per heavy atom. The summed E-state index contributed by atoms with van der Waals surface area (Å²) < 4.78 is 26.8. The molecule has 1 aromatic heterocycles. The molecule has 0 bridgehead atoms.